The van der Waals surface area contributed by atoms with E-state index in [0.717, 1.165) is 0 Å². The molecule has 0 amide bonds. The molecule has 98 valence electrons. The van der Waals surface area contributed by atoms with Crippen LogP contribution in [0.5, 0.6) is 0 Å². The van der Waals surface area contributed by atoms with Gasteiger partial charge in [-0.15, -0.1) is 0 Å². The van der Waals surface area contributed by atoms with Crippen LogP contribution in [0.1, 0.15) is 84.5 Å². The molecule has 0 aliphatic heterocycles. The molecule has 0 spiro atoms. The summed E-state index contributed by atoms with van der Waals surface area (Å²) in [5, 5.41) is 6.89. The van der Waals surface area contributed by atoms with Gasteiger partial charge in [-0.1, -0.05) is 84.5 Å². The molecule has 0 aromatic heterocycles. The summed E-state index contributed by atoms with van der Waals surface area (Å²) in [6, 6.07) is 0. The second-order valence-electron chi connectivity index (χ2n) is 4.29. The van der Waals surface area contributed by atoms with Crippen molar-refractivity contribution >= 4 is 6.47 Å². The predicted octanol–water partition coefficient (Wildman–Crippen LogP) is 5.02. The molecule has 0 aliphatic rings. The van der Waals surface area contributed by atoms with Crippen molar-refractivity contribution in [3.63, 3.8) is 0 Å². The fourth-order valence-electron chi connectivity index (χ4n) is 1.74. The second kappa shape index (κ2) is 20.0. The molecule has 0 aromatic carbocycles. The number of hydrogen-bond donors (Lipinski definition) is 1. The first-order valence-corrected chi connectivity index (χ1v) is 6.91. The summed E-state index contributed by atoms with van der Waals surface area (Å²) in [4.78, 5) is 8.36. The van der Waals surface area contributed by atoms with Crippen molar-refractivity contribution in [2.75, 3.05) is 0 Å². The van der Waals surface area contributed by atoms with Crippen molar-refractivity contribution in [1.29, 1.82) is 0 Å². The van der Waals surface area contributed by atoms with E-state index in [0.29, 0.717) is 0 Å². The highest BCUT2D eigenvalue weighted by atomic mass is 16.3. The molecular weight excluding hydrogens is 200 g/mol. The lowest BCUT2D eigenvalue weighted by molar-refractivity contribution is -0.122. The van der Waals surface area contributed by atoms with Crippen LogP contribution in [0.2, 0.25) is 0 Å². The van der Waals surface area contributed by atoms with Gasteiger partial charge in [-0.25, -0.2) is 0 Å². The van der Waals surface area contributed by atoms with Crippen LogP contribution in [0.25, 0.3) is 0 Å². The molecule has 0 saturated carbocycles. The molecule has 0 aliphatic carbocycles. The maximum absolute atomic E-state index is 8.36. The van der Waals surface area contributed by atoms with Crippen molar-refractivity contribution < 1.29 is 9.90 Å². The topological polar surface area (TPSA) is 37.3 Å². The highest BCUT2D eigenvalue weighted by Gasteiger charge is 1.90. The zero-order chi connectivity index (χ0) is 12.5. The fourth-order valence-corrected chi connectivity index (χ4v) is 1.74. The average Bonchev–Trinajstić information content (AvgIpc) is 2.28. The first-order chi connectivity index (χ1) is 7.83. The quantitative estimate of drug-likeness (QED) is 0.422. The van der Waals surface area contributed by atoms with Crippen molar-refractivity contribution in [2.45, 2.75) is 84.5 Å². The molecule has 0 heterocycles. The molecule has 2 nitrogen and oxygen atoms in total. The van der Waals surface area contributed by atoms with Gasteiger partial charge in [0.05, 0.1) is 0 Å². The summed E-state index contributed by atoms with van der Waals surface area (Å²) in [7, 11) is 0. The number of hydrogen-bond acceptors (Lipinski definition) is 1. The van der Waals surface area contributed by atoms with Gasteiger partial charge in [-0.05, 0) is 0 Å². The van der Waals surface area contributed by atoms with Crippen LogP contribution >= 0.6 is 0 Å². The minimum Gasteiger partial charge on any atom is -0.483 e. The Morgan fingerprint density at radius 3 is 1.06 bits per heavy atom. The van der Waals surface area contributed by atoms with E-state index < -0.39 is 0 Å². The van der Waals surface area contributed by atoms with E-state index in [1.54, 1.807) is 0 Å². The Hall–Kier alpha value is -0.530. The van der Waals surface area contributed by atoms with E-state index in [9.17, 15) is 0 Å². The van der Waals surface area contributed by atoms with Gasteiger partial charge in [0.1, 0.15) is 0 Å². The molecule has 16 heavy (non-hydrogen) atoms. The summed E-state index contributed by atoms with van der Waals surface area (Å²) in [6.45, 7) is 4.31. The lowest BCUT2D eigenvalue weighted by atomic mass is 10.1. The van der Waals surface area contributed by atoms with Gasteiger partial charge < -0.3 is 5.11 Å². The minimum atomic E-state index is -0.250. The van der Waals surface area contributed by atoms with Crippen LogP contribution in [0.4, 0.5) is 0 Å². The summed E-state index contributed by atoms with van der Waals surface area (Å²) in [5.41, 5.74) is 0. The summed E-state index contributed by atoms with van der Waals surface area (Å²) >= 11 is 0. The van der Waals surface area contributed by atoms with E-state index >= 15 is 0 Å². The van der Waals surface area contributed by atoms with Crippen LogP contribution in [-0.2, 0) is 4.79 Å². The number of rotatable bonds is 10. The predicted molar refractivity (Wildman–Crippen MR) is 70.8 cm³/mol. The van der Waals surface area contributed by atoms with E-state index in [1.165, 1.54) is 70.6 Å². The summed E-state index contributed by atoms with van der Waals surface area (Å²) < 4.78 is 0. The first kappa shape index (κ1) is 17.9. The highest BCUT2D eigenvalue weighted by molar-refractivity contribution is 5.32. The van der Waals surface area contributed by atoms with E-state index in [1.807, 2.05) is 0 Å². The smallest absolute Gasteiger partial charge is 0.290 e. The summed E-state index contributed by atoms with van der Waals surface area (Å²) in [5.74, 6) is 0. The van der Waals surface area contributed by atoms with E-state index in [2.05, 4.69) is 13.8 Å². The van der Waals surface area contributed by atoms with Crippen molar-refractivity contribution in [2.24, 2.45) is 0 Å². The zero-order valence-corrected chi connectivity index (χ0v) is 11.2. The zero-order valence-electron chi connectivity index (χ0n) is 11.2. The Morgan fingerprint density at radius 1 is 0.688 bits per heavy atom. The van der Waals surface area contributed by atoms with Crippen LogP contribution in [0.3, 0.4) is 0 Å². The Morgan fingerprint density at radius 2 is 0.875 bits per heavy atom. The standard InChI is InChI=1S/C13H28.CH2O2/c1-3-5-7-9-11-13-12-10-8-6-4-2;2-1-3/h3-13H2,1-2H3;1H,(H,2,3). The monoisotopic (exact) mass is 230 g/mol. The molecular formula is C14H30O2. The van der Waals surface area contributed by atoms with E-state index in [-0.39, 0.29) is 6.47 Å². The third kappa shape index (κ3) is 23.4. The molecule has 0 aromatic rings. The maximum Gasteiger partial charge on any atom is 0.290 e. The van der Waals surface area contributed by atoms with Crippen molar-refractivity contribution in [3.8, 4) is 0 Å². The molecule has 0 bridgehead atoms. The van der Waals surface area contributed by atoms with Gasteiger partial charge >= 0.3 is 0 Å². The number of carboxylic acid groups (broad SMARTS) is 1. The lowest BCUT2D eigenvalue weighted by Gasteiger charge is -2.00. The normalized spacial score (nSPS) is 9.38. The second-order valence-corrected chi connectivity index (χ2v) is 4.29. The van der Waals surface area contributed by atoms with E-state index in [4.69, 9.17) is 9.90 Å². The number of carbonyl (C=O) groups is 1. The van der Waals surface area contributed by atoms with Gasteiger partial charge in [-0.3, -0.25) is 4.79 Å². The lowest BCUT2D eigenvalue weighted by Crippen LogP contribution is -1.80. The van der Waals surface area contributed by atoms with Gasteiger partial charge in [0.25, 0.3) is 6.47 Å². The van der Waals surface area contributed by atoms with Crippen LogP contribution < -0.4 is 0 Å². The molecule has 0 saturated heterocycles. The third-order valence-electron chi connectivity index (χ3n) is 2.71. The molecule has 2 heteroatoms. The SMILES string of the molecule is CCCCCCCCCCCCC.O=CO. The van der Waals surface area contributed by atoms with Crippen molar-refractivity contribution in [3.05, 3.63) is 0 Å². The largest absolute Gasteiger partial charge is 0.483 e. The number of unbranched alkanes of at least 4 members (excludes halogenated alkanes) is 10. The Bertz CT molecular complexity index is 103. The Balaban J connectivity index is 0. The third-order valence-corrected chi connectivity index (χ3v) is 2.71. The summed E-state index contributed by atoms with van der Waals surface area (Å²) in [6.07, 6.45) is 15.9. The Labute approximate surface area is 101 Å². The van der Waals surface area contributed by atoms with Gasteiger partial charge in [0.15, 0.2) is 0 Å². The van der Waals surface area contributed by atoms with Gasteiger partial charge in [0.2, 0.25) is 0 Å². The average molecular weight is 230 g/mol. The highest BCUT2D eigenvalue weighted by Crippen LogP contribution is 2.10. The fraction of sp³-hybridized carbons (Fsp3) is 0.929. The van der Waals surface area contributed by atoms with Crippen LogP contribution in [-0.4, -0.2) is 11.6 Å². The maximum atomic E-state index is 8.36. The minimum absolute atomic E-state index is 0.250. The van der Waals surface area contributed by atoms with Gasteiger partial charge in [0, 0.05) is 0 Å². The van der Waals surface area contributed by atoms with Gasteiger partial charge in [-0.2, -0.15) is 0 Å². The molecule has 0 fully saturated rings. The van der Waals surface area contributed by atoms with Crippen molar-refractivity contribution in [1.82, 2.24) is 0 Å². The molecule has 0 rings (SSSR count). The molecule has 0 atom stereocenters. The first-order valence-electron chi connectivity index (χ1n) is 6.91. The molecule has 1 N–H and O–H groups in total. The molecule has 0 radical (unpaired) electrons. The molecule has 0 unspecified atom stereocenters. The Kier molecular flexibility index (Phi) is 22.3. The van der Waals surface area contributed by atoms with Crippen LogP contribution in [0, 0.1) is 0 Å². The van der Waals surface area contributed by atoms with Crippen LogP contribution in [0.15, 0.2) is 0 Å².